The van der Waals surface area contributed by atoms with Crippen LogP contribution >= 0.6 is 11.3 Å². The largest absolute Gasteiger partial charge is 0.478 e. The van der Waals surface area contributed by atoms with Crippen molar-refractivity contribution in [3.63, 3.8) is 0 Å². The average molecular weight is 310 g/mol. The number of rotatable bonds is 6. The van der Waals surface area contributed by atoms with E-state index in [2.05, 4.69) is 9.80 Å². The molecule has 0 spiro atoms. The molecule has 0 aromatic carbocycles. The summed E-state index contributed by atoms with van der Waals surface area (Å²) in [4.78, 5) is 16.5. The van der Waals surface area contributed by atoms with Gasteiger partial charge in [-0.1, -0.05) is 0 Å². The topological polar surface area (TPSA) is 64.0 Å². The van der Waals surface area contributed by atoms with Crippen LogP contribution in [0.25, 0.3) is 6.08 Å². The molecule has 1 aromatic heterocycles. The zero-order valence-corrected chi connectivity index (χ0v) is 12.9. The predicted molar refractivity (Wildman–Crippen MR) is 84.4 cm³/mol. The Balaban J connectivity index is 1.93. The summed E-state index contributed by atoms with van der Waals surface area (Å²) < 4.78 is 0. The second-order valence-corrected chi connectivity index (χ2v) is 6.17. The van der Waals surface area contributed by atoms with E-state index in [1.54, 1.807) is 17.4 Å². The number of aliphatic hydroxyl groups is 1. The third-order valence-electron chi connectivity index (χ3n) is 3.65. The Morgan fingerprint density at radius 1 is 1.29 bits per heavy atom. The molecule has 1 aliphatic heterocycles. The van der Waals surface area contributed by atoms with E-state index in [0.717, 1.165) is 51.3 Å². The van der Waals surface area contributed by atoms with Crippen molar-refractivity contribution in [1.82, 2.24) is 9.80 Å². The third-order valence-corrected chi connectivity index (χ3v) is 4.57. The lowest BCUT2D eigenvalue weighted by molar-refractivity contribution is -0.131. The minimum absolute atomic E-state index is 0.217. The van der Waals surface area contributed by atoms with Crippen molar-refractivity contribution in [1.29, 1.82) is 0 Å². The van der Waals surface area contributed by atoms with Crippen LogP contribution in [-0.4, -0.2) is 65.3 Å². The molecule has 5 nitrogen and oxygen atoms in total. The summed E-state index contributed by atoms with van der Waals surface area (Å²) in [6.07, 6.45) is 3.96. The van der Waals surface area contributed by atoms with Gasteiger partial charge in [-0.05, 0) is 42.6 Å². The molecule has 0 saturated carbocycles. The van der Waals surface area contributed by atoms with Crippen molar-refractivity contribution in [3.05, 3.63) is 28.0 Å². The van der Waals surface area contributed by atoms with E-state index >= 15 is 0 Å². The zero-order valence-electron chi connectivity index (χ0n) is 12.1. The summed E-state index contributed by atoms with van der Waals surface area (Å²) in [7, 11) is 0. The van der Waals surface area contributed by atoms with Crippen LogP contribution in [0.2, 0.25) is 0 Å². The quantitative estimate of drug-likeness (QED) is 0.777. The second kappa shape index (κ2) is 8.29. The maximum atomic E-state index is 10.6. The number of aliphatic hydroxyl groups excluding tert-OH is 1. The smallest absolute Gasteiger partial charge is 0.328 e. The first-order chi connectivity index (χ1) is 10.2. The van der Waals surface area contributed by atoms with E-state index in [-0.39, 0.29) is 6.61 Å². The van der Waals surface area contributed by atoms with E-state index in [4.69, 9.17) is 10.2 Å². The summed E-state index contributed by atoms with van der Waals surface area (Å²) >= 11 is 1.67. The minimum atomic E-state index is -0.915. The molecule has 1 aliphatic rings. The Hall–Kier alpha value is -1.21. The molecule has 0 radical (unpaired) electrons. The number of nitrogens with zero attached hydrogens (tertiary/aromatic N) is 2. The first kappa shape index (κ1) is 16.2. The van der Waals surface area contributed by atoms with Crippen LogP contribution in [-0.2, 0) is 11.3 Å². The van der Waals surface area contributed by atoms with E-state index in [9.17, 15) is 4.79 Å². The molecule has 21 heavy (non-hydrogen) atoms. The number of aliphatic carboxylic acids is 1. The lowest BCUT2D eigenvalue weighted by Crippen LogP contribution is -2.32. The van der Waals surface area contributed by atoms with Crippen molar-refractivity contribution in [2.75, 3.05) is 39.3 Å². The monoisotopic (exact) mass is 310 g/mol. The Morgan fingerprint density at radius 2 is 2.05 bits per heavy atom. The molecule has 1 aromatic rings. The molecule has 116 valence electrons. The van der Waals surface area contributed by atoms with E-state index in [1.165, 1.54) is 11.0 Å². The SMILES string of the molecule is O=C(O)/C=C/c1ccsc1CN1CCCN(CCO)CC1. The molecule has 6 heteroatoms. The molecular weight excluding hydrogens is 288 g/mol. The Kier molecular flexibility index (Phi) is 6.38. The van der Waals surface area contributed by atoms with Crippen LogP contribution in [0.15, 0.2) is 17.5 Å². The van der Waals surface area contributed by atoms with Gasteiger partial charge in [0.05, 0.1) is 6.61 Å². The molecule has 0 amide bonds. The molecule has 0 atom stereocenters. The predicted octanol–water partition coefficient (Wildman–Crippen LogP) is 1.35. The van der Waals surface area contributed by atoms with Crippen molar-refractivity contribution in [2.24, 2.45) is 0 Å². The molecule has 0 bridgehead atoms. The summed E-state index contributed by atoms with van der Waals surface area (Å²) in [6, 6.07) is 1.97. The van der Waals surface area contributed by atoms with Crippen LogP contribution in [0.4, 0.5) is 0 Å². The summed E-state index contributed by atoms with van der Waals surface area (Å²) in [5.74, 6) is -0.915. The first-order valence-electron chi connectivity index (χ1n) is 7.22. The lowest BCUT2D eigenvalue weighted by atomic mass is 10.2. The number of hydrogen-bond donors (Lipinski definition) is 2. The maximum absolute atomic E-state index is 10.6. The molecule has 2 rings (SSSR count). The number of carboxylic acid groups (broad SMARTS) is 1. The van der Waals surface area contributed by atoms with Gasteiger partial charge >= 0.3 is 5.97 Å². The van der Waals surface area contributed by atoms with Gasteiger partial charge in [0.1, 0.15) is 0 Å². The van der Waals surface area contributed by atoms with Crippen molar-refractivity contribution < 1.29 is 15.0 Å². The number of hydrogen-bond acceptors (Lipinski definition) is 5. The Bertz CT molecular complexity index is 487. The van der Waals surface area contributed by atoms with Gasteiger partial charge in [-0.3, -0.25) is 9.80 Å². The summed E-state index contributed by atoms with van der Waals surface area (Å²) in [5, 5.41) is 19.7. The molecule has 0 unspecified atom stereocenters. The van der Waals surface area contributed by atoms with Crippen LogP contribution in [0, 0.1) is 0 Å². The average Bonchev–Trinajstić information content (AvgIpc) is 2.77. The highest BCUT2D eigenvalue weighted by Crippen LogP contribution is 2.21. The van der Waals surface area contributed by atoms with Crippen LogP contribution in [0.1, 0.15) is 16.9 Å². The molecule has 1 saturated heterocycles. The first-order valence-corrected chi connectivity index (χ1v) is 8.10. The molecule has 2 N–H and O–H groups in total. The van der Waals surface area contributed by atoms with Gasteiger partial charge in [0.15, 0.2) is 0 Å². The van der Waals surface area contributed by atoms with E-state index < -0.39 is 5.97 Å². The van der Waals surface area contributed by atoms with Crippen molar-refractivity contribution in [2.45, 2.75) is 13.0 Å². The van der Waals surface area contributed by atoms with E-state index in [0.29, 0.717) is 0 Å². The highest BCUT2D eigenvalue weighted by molar-refractivity contribution is 7.10. The van der Waals surface area contributed by atoms with Gasteiger partial charge in [0, 0.05) is 37.1 Å². The normalized spacial score (nSPS) is 18.1. The highest BCUT2D eigenvalue weighted by Gasteiger charge is 2.15. The van der Waals surface area contributed by atoms with Crippen LogP contribution in [0.3, 0.4) is 0 Å². The second-order valence-electron chi connectivity index (χ2n) is 5.17. The number of carbonyl (C=O) groups is 1. The van der Waals surface area contributed by atoms with E-state index in [1.807, 2.05) is 11.4 Å². The zero-order chi connectivity index (χ0) is 15.1. The number of carboxylic acids is 1. The van der Waals surface area contributed by atoms with Gasteiger partial charge in [-0.2, -0.15) is 0 Å². The van der Waals surface area contributed by atoms with Gasteiger partial charge < -0.3 is 10.2 Å². The fourth-order valence-electron chi connectivity index (χ4n) is 2.54. The van der Waals surface area contributed by atoms with Gasteiger partial charge in [-0.15, -0.1) is 11.3 Å². The fraction of sp³-hybridized carbons (Fsp3) is 0.533. The summed E-state index contributed by atoms with van der Waals surface area (Å²) in [6.45, 7) is 5.87. The molecule has 0 aliphatic carbocycles. The number of thiophene rings is 1. The van der Waals surface area contributed by atoms with Crippen LogP contribution < -0.4 is 0 Å². The standard InChI is InChI=1S/C15H22N2O3S/c18-10-9-16-5-1-6-17(8-7-16)12-14-13(4-11-21-14)2-3-15(19)20/h2-4,11,18H,1,5-10,12H2,(H,19,20)/b3-2+. The summed E-state index contributed by atoms with van der Waals surface area (Å²) in [5.41, 5.74) is 0.999. The Morgan fingerprint density at radius 3 is 2.81 bits per heavy atom. The van der Waals surface area contributed by atoms with Gasteiger partial charge in [0.2, 0.25) is 0 Å². The van der Waals surface area contributed by atoms with Crippen molar-refractivity contribution in [3.8, 4) is 0 Å². The minimum Gasteiger partial charge on any atom is -0.478 e. The van der Waals surface area contributed by atoms with Crippen molar-refractivity contribution >= 4 is 23.4 Å². The molecular formula is C15H22N2O3S. The highest BCUT2D eigenvalue weighted by atomic mass is 32.1. The molecule has 2 heterocycles. The van der Waals surface area contributed by atoms with Gasteiger partial charge in [-0.25, -0.2) is 4.79 Å². The molecule has 1 fully saturated rings. The lowest BCUT2D eigenvalue weighted by Gasteiger charge is -2.21. The number of β-amino-alcohol motifs (C(OH)–C–C–N with tert-alkyl or cyclic N) is 1. The van der Waals surface area contributed by atoms with Gasteiger partial charge in [0.25, 0.3) is 0 Å². The Labute approximate surface area is 129 Å². The third kappa shape index (κ3) is 5.24. The van der Waals surface area contributed by atoms with Crippen LogP contribution in [0.5, 0.6) is 0 Å². The maximum Gasteiger partial charge on any atom is 0.328 e. The fourth-order valence-corrected chi connectivity index (χ4v) is 3.45.